The molecule has 39 heavy (non-hydrogen) atoms. The van der Waals surface area contributed by atoms with Crippen molar-refractivity contribution in [3.63, 3.8) is 0 Å². The van der Waals surface area contributed by atoms with Gasteiger partial charge in [0.1, 0.15) is 17.0 Å². The molecule has 12 heteroatoms. The molecule has 1 amide bonds. The molecular weight excluding hydrogens is 511 g/mol. The maximum absolute atomic E-state index is 14.4. The lowest BCUT2D eigenvalue weighted by atomic mass is 9.85. The molecule has 2 fully saturated rings. The SMILES string of the molecule is CCCN(CC)C(=O)C1CCC(Nc2ncc3nc(Nc4c(F)cc(F)cc4F)n([C@H]4CCOC4)c3n2)CC1. The number of fused-ring (bicyclic) bond motifs is 1. The van der Waals surface area contributed by atoms with Crippen molar-refractivity contribution in [3.8, 4) is 0 Å². The molecule has 2 aromatic heterocycles. The molecule has 3 aromatic rings. The van der Waals surface area contributed by atoms with Crippen LogP contribution in [0.5, 0.6) is 0 Å². The quantitative estimate of drug-likeness (QED) is 0.383. The van der Waals surface area contributed by atoms with Gasteiger partial charge < -0.3 is 20.3 Å². The third-order valence-electron chi connectivity index (χ3n) is 7.54. The van der Waals surface area contributed by atoms with Gasteiger partial charge in [0.25, 0.3) is 0 Å². The van der Waals surface area contributed by atoms with Crippen LogP contribution in [0, 0.1) is 23.4 Å². The number of rotatable bonds is 9. The van der Waals surface area contributed by atoms with Crippen LogP contribution in [-0.4, -0.2) is 62.7 Å². The number of ether oxygens (including phenoxy) is 1. The highest BCUT2D eigenvalue weighted by molar-refractivity contribution is 5.79. The van der Waals surface area contributed by atoms with Crippen molar-refractivity contribution in [3.05, 3.63) is 35.8 Å². The Hall–Kier alpha value is -3.41. The number of halogens is 3. The van der Waals surface area contributed by atoms with Crippen molar-refractivity contribution in [2.45, 2.75) is 64.5 Å². The number of hydrogen-bond donors (Lipinski definition) is 2. The third-order valence-corrected chi connectivity index (χ3v) is 7.54. The first-order valence-electron chi connectivity index (χ1n) is 13.7. The summed E-state index contributed by atoms with van der Waals surface area (Å²) in [4.78, 5) is 28.4. The van der Waals surface area contributed by atoms with E-state index in [1.54, 1.807) is 10.8 Å². The summed E-state index contributed by atoms with van der Waals surface area (Å²) >= 11 is 0. The molecule has 1 aliphatic heterocycles. The molecule has 210 valence electrons. The maximum Gasteiger partial charge on any atom is 0.225 e. The first-order chi connectivity index (χ1) is 18.9. The summed E-state index contributed by atoms with van der Waals surface area (Å²) in [6.07, 6.45) is 6.45. The third kappa shape index (κ3) is 5.80. The van der Waals surface area contributed by atoms with E-state index in [2.05, 4.69) is 27.5 Å². The highest BCUT2D eigenvalue weighted by Gasteiger charge is 2.30. The molecule has 9 nitrogen and oxygen atoms in total. The smallest absolute Gasteiger partial charge is 0.225 e. The second-order valence-corrected chi connectivity index (χ2v) is 10.2. The average molecular weight is 546 g/mol. The summed E-state index contributed by atoms with van der Waals surface area (Å²) in [5.41, 5.74) is 0.447. The zero-order valence-corrected chi connectivity index (χ0v) is 22.2. The number of anilines is 3. The minimum Gasteiger partial charge on any atom is -0.379 e. The van der Waals surface area contributed by atoms with Gasteiger partial charge in [-0.05, 0) is 45.4 Å². The first-order valence-corrected chi connectivity index (χ1v) is 13.7. The number of aromatic nitrogens is 4. The molecule has 1 saturated heterocycles. The van der Waals surface area contributed by atoms with Crippen LogP contribution >= 0.6 is 0 Å². The summed E-state index contributed by atoms with van der Waals surface area (Å²) < 4.78 is 49.6. The molecule has 1 aromatic carbocycles. The lowest BCUT2D eigenvalue weighted by Crippen LogP contribution is -2.39. The van der Waals surface area contributed by atoms with Gasteiger partial charge in [0.15, 0.2) is 17.3 Å². The van der Waals surface area contributed by atoms with E-state index in [0.717, 1.165) is 45.2 Å². The molecule has 1 atom stereocenters. The van der Waals surface area contributed by atoms with Crippen LogP contribution in [0.3, 0.4) is 0 Å². The summed E-state index contributed by atoms with van der Waals surface area (Å²) in [7, 11) is 0. The number of carbonyl (C=O) groups is 1. The van der Waals surface area contributed by atoms with E-state index in [0.29, 0.717) is 48.9 Å². The van der Waals surface area contributed by atoms with Crippen LogP contribution < -0.4 is 10.6 Å². The number of nitrogens with zero attached hydrogens (tertiary/aromatic N) is 5. The highest BCUT2D eigenvalue weighted by atomic mass is 19.1. The molecule has 0 spiro atoms. The van der Waals surface area contributed by atoms with E-state index in [1.165, 1.54) is 0 Å². The van der Waals surface area contributed by atoms with Gasteiger partial charge in [-0.15, -0.1) is 0 Å². The molecule has 2 N–H and O–H groups in total. The molecule has 0 bridgehead atoms. The van der Waals surface area contributed by atoms with E-state index in [-0.39, 0.29) is 29.9 Å². The number of imidazole rings is 1. The maximum atomic E-state index is 14.4. The van der Waals surface area contributed by atoms with Gasteiger partial charge >= 0.3 is 0 Å². The van der Waals surface area contributed by atoms with Gasteiger partial charge in [0.2, 0.25) is 17.8 Å². The standard InChI is InChI=1S/C27H34F3N7O2/c1-3-10-36(4-2)25(38)16-5-7-18(8-6-16)32-26-31-14-22-24(35-26)37(19-9-11-39-15-19)27(33-22)34-23-20(29)12-17(28)13-21(23)30/h12-14,16,18-19H,3-11,15H2,1-2H3,(H,33,34)(H,31,32,35)/t16?,18?,19-/m0/s1. The summed E-state index contributed by atoms with van der Waals surface area (Å²) in [5, 5.41) is 6.10. The number of hydrogen-bond acceptors (Lipinski definition) is 7. The summed E-state index contributed by atoms with van der Waals surface area (Å²) in [6, 6.07) is 1.20. The fourth-order valence-electron chi connectivity index (χ4n) is 5.51. The van der Waals surface area contributed by atoms with E-state index in [9.17, 15) is 18.0 Å². The van der Waals surface area contributed by atoms with Gasteiger partial charge in [-0.25, -0.2) is 23.1 Å². The number of nitrogens with one attached hydrogen (secondary N) is 2. The first kappa shape index (κ1) is 27.2. The Morgan fingerprint density at radius 1 is 1.10 bits per heavy atom. The van der Waals surface area contributed by atoms with Gasteiger partial charge in [0.05, 0.1) is 18.8 Å². The second kappa shape index (κ2) is 11.8. The van der Waals surface area contributed by atoms with E-state index >= 15 is 0 Å². The lowest BCUT2D eigenvalue weighted by molar-refractivity contribution is -0.136. The average Bonchev–Trinajstić information content (AvgIpc) is 3.57. The second-order valence-electron chi connectivity index (χ2n) is 10.2. The van der Waals surface area contributed by atoms with Crippen LogP contribution in [-0.2, 0) is 9.53 Å². The van der Waals surface area contributed by atoms with Crippen LogP contribution in [0.25, 0.3) is 11.2 Å². The minimum absolute atomic E-state index is 0.0441. The van der Waals surface area contributed by atoms with Gasteiger partial charge in [-0.2, -0.15) is 4.98 Å². The van der Waals surface area contributed by atoms with Crippen molar-refractivity contribution in [1.82, 2.24) is 24.4 Å². The molecule has 1 aliphatic carbocycles. The van der Waals surface area contributed by atoms with Gasteiger partial charge in [-0.1, -0.05) is 6.92 Å². The van der Waals surface area contributed by atoms with Crippen molar-refractivity contribution in [2.24, 2.45) is 5.92 Å². The minimum atomic E-state index is -1.06. The Labute approximate surface area is 225 Å². The Morgan fingerprint density at radius 2 is 1.85 bits per heavy atom. The van der Waals surface area contributed by atoms with E-state index < -0.39 is 23.1 Å². The molecule has 1 saturated carbocycles. The Bertz CT molecular complexity index is 1300. The fourth-order valence-corrected chi connectivity index (χ4v) is 5.51. The largest absolute Gasteiger partial charge is 0.379 e. The highest BCUT2D eigenvalue weighted by Crippen LogP contribution is 2.33. The number of benzene rings is 1. The van der Waals surface area contributed by atoms with Gasteiger partial charge in [-0.3, -0.25) is 9.36 Å². The van der Waals surface area contributed by atoms with Crippen molar-refractivity contribution in [1.29, 1.82) is 0 Å². The van der Waals surface area contributed by atoms with Crippen LogP contribution in [0.15, 0.2) is 18.3 Å². The predicted molar refractivity (Wildman–Crippen MR) is 141 cm³/mol. The molecule has 2 aliphatic rings. The Balaban J connectivity index is 1.35. The van der Waals surface area contributed by atoms with Crippen molar-refractivity contribution >= 4 is 34.7 Å². The Morgan fingerprint density at radius 3 is 2.49 bits per heavy atom. The van der Waals surface area contributed by atoms with Crippen LogP contribution in [0.4, 0.5) is 30.8 Å². The number of amides is 1. The predicted octanol–water partition coefficient (Wildman–Crippen LogP) is 5.18. The van der Waals surface area contributed by atoms with Crippen LogP contribution in [0.2, 0.25) is 0 Å². The summed E-state index contributed by atoms with van der Waals surface area (Å²) in [6.45, 7) is 6.55. The topological polar surface area (TPSA) is 97.2 Å². The van der Waals surface area contributed by atoms with Gasteiger partial charge in [0, 0.05) is 43.8 Å². The number of carbonyl (C=O) groups excluding carboxylic acids is 1. The monoisotopic (exact) mass is 545 g/mol. The molecule has 5 rings (SSSR count). The van der Waals surface area contributed by atoms with Crippen molar-refractivity contribution < 1.29 is 22.7 Å². The molecule has 0 unspecified atom stereocenters. The van der Waals surface area contributed by atoms with E-state index in [1.807, 2.05) is 11.8 Å². The lowest BCUT2D eigenvalue weighted by Gasteiger charge is -2.32. The summed E-state index contributed by atoms with van der Waals surface area (Å²) in [5.74, 6) is -2.25. The molecular formula is C27H34F3N7O2. The van der Waals surface area contributed by atoms with E-state index in [4.69, 9.17) is 9.72 Å². The van der Waals surface area contributed by atoms with Crippen molar-refractivity contribution in [2.75, 3.05) is 36.9 Å². The Kier molecular flexibility index (Phi) is 8.20. The normalized spacial score (nSPS) is 21.3. The fraction of sp³-hybridized carbons (Fsp3) is 0.556. The van der Waals surface area contributed by atoms with Crippen LogP contribution in [0.1, 0.15) is 58.4 Å². The zero-order valence-electron chi connectivity index (χ0n) is 22.2. The zero-order chi connectivity index (χ0) is 27.5. The molecule has 3 heterocycles. The molecule has 0 radical (unpaired) electrons.